The van der Waals surface area contributed by atoms with Gasteiger partial charge in [0.1, 0.15) is 11.6 Å². The second kappa shape index (κ2) is 16.4. The van der Waals surface area contributed by atoms with Gasteiger partial charge >= 0.3 is 6.03 Å². The molecule has 3 amide bonds. The van der Waals surface area contributed by atoms with Crippen LogP contribution in [0, 0.1) is 11.7 Å². The molecule has 9 nitrogen and oxygen atoms in total. The number of halogens is 1. The summed E-state index contributed by atoms with van der Waals surface area (Å²) in [6.45, 7) is 10.5. The fourth-order valence-corrected chi connectivity index (χ4v) is 5.07. The lowest BCUT2D eigenvalue weighted by Crippen LogP contribution is -2.47. The number of aliphatic hydroxyl groups excluding tert-OH is 1. The Labute approximate surface area is 249 Å². The van der Waals surface area contributed by atoms with Crippen molar-refractivity contribution in [3.63, 3.8) is 0 Å². The Morgan fingerprint density at radius 2 is 1.83 bits per heavy atom. The molecule has 1 heterocycles. The fourth-order valence-electron chi connectivity index (χ4n) is 5.07. The highest BCUT2D eigenvalue weighted by Crippen LogP contribution is 2.28. The van der Waals surface area contributed by atoms with Crippen LogP contribution in [-0.4, -0.2) is 85.0 Å². The first kappa shape index (κ1) is 33.3. The summed E-state index contributed by atoms with van der Waals surface area (Å²) in [4.78, 5) is 30.8. The van der Waals surface area contributed by atoms with E-state index in [1.54, 1.807) is 23.1 Å². The van der Waals surface area contributed by atoms with Gasteiger partial charge in [0.25, 0.3) is 5.91 Å². The van der Waals surface area contributed by atoms with Crippen LogP contribution in [0.2, 0.25) is 0 Å². The molecule has 232 valence electrons. The molecule has 0 aliphatic carbocycles. The van der Waals surface area contributed by atoms with E-state index >= 15 is 0 Å². The van der Waals surface area contributed by atoms with Crippen molar-refractivity contribution in [1.82, 2.24) is 9.80 Å². The molecule has 0 unspecified atom stereocenters. The van der Waals surface area contributed by atoms with Crippen LogP contribution >= 0.6 is 0 Å². The van der Waals surface area contributed by atoms with Crippen LogP contribution in [0.1, 0.15) is 63.7 Å². The van der Waals surface area contributed by atoms with Crippen molar-refractivity contribution in [2.24, 2.45) is 5.92 Å². The second-order valence-corrected chi connectivity index (χ2v) is 11.4. The number of rotatable bonds is 8. The van der Waals surface area contributed by atoms with Crippen LogP contribution in [0.5, 0.6) is 5.75 Å². The van der Waals surface area contributed by atoms with Crippen molar-refractivity contribution in [2.45, 2.75) is 71.6 Å². The quantitative estimate of drug-likeness (QED) is 0.372. The Hall–Kier alpha value is -3.21. The maximum absolute atomic E-state index is 14.2. The van der Waals surface area contributed by atoms with Gasteiger partial charge in [-0.15, -0.1) is 0 Å². The van der Waals surface area contributed by atoms with Crippen LogP contribution in [-0.2, 0) is 4.74 Å². The molecular weight excluding hydrogens is 539 g/mol. The van der Waals surface area contributed by atoms with Gasteiger partial charge in [-0.3, -0.25) is 4.79 Å². The predicted molar refractivity (Wildman–Crippen MR) is 164 cm³/mol. The lowest BCUT2D eigenvalue weighted by molar-refractivity contribution is -0.0167. The molecule has 42 heavy (non-hydrogen) atoms. The van der Waals surface area contributed by atoms with Crippen LogP contribution in [0.15, 0.2) is 42.5 Å². The molecule has 0 saturated carbocycles. The first-order valence-electron chi connectivity index (χ1n) is 15.0. The number of likely N-dealkylation sites (N-methyl/N-ethyl adjacent to an activating group) is 1. The lowest BCUT2D eigenvalue weighted by atomic mass is 10.0. The summed E-state index contributed by atoms with van der Waals surface area (Å²) in [6.07, 6.45) is 3.44. The van der Waals surface area contributed by atoms with Crippen LogP contribution in [0.3, 0.4) is 0 Å². The number of hydrogen-bond acceptors (Lipinski definition) is 6. The Balaban J connectivity index is 1.91. The second-order valence-electron chi connectivity index (χ2n) is 11.4. The van der Waals surface area contributed by atoms with Crippen LogP contribution in [0.25, 0.3) is 0 Å². The van der Waals surface area contributed by atoms with Gasteiger partial charge in [0.05, 0.1) is 30.4 Å². The number of nitrogens with zero attached hydrogens (tertiary/aromatic N) is 2. The van der Waals surface area contributed by atoms with Crippen molar-refractivity contribution in [2.75, 3.05) is 50.5 Å². The van der Waals surface area contributed by atoms with Gasteiger partial charge in [-0.1, -0.05) is 13.8 Å². The van der Waals surface area contributed by atoms with E-state index in [0.717, 1.165) is 38.8 Å². The molecule has 0 spiro atoms. The topological polar surface area (TPSA) is 103 Å². The van der Waals surface area contributed by atoms with Crippen molar-refractivity contribution in [3.05, 3.63) is 53.8 Å². The minimum atomic E-state index is -0.533. The minimum absolute atomic E-state index is 0.00344. The number of fused-ring (bicyclic) bond motifs is 1. The molecule has 1 aliphatic rings. The third-order valence-electron chi connectivity index (χ3n) is 7.51. The maximum Gasteiger partial charge on any atom is 0.323 e. The van der Waals surface area contributed by atoms with Gasteiger partial charge < -0.3 is 35.0 Å². The number of nitrogens with one attached hydrogen (secondary N) is 2. The molecule has 3 rings (SSSR count). The Morgan fingerprint density at radius 1 is 1.14 bits per heavy atom. The van der Waals surface area contributed by atoms with E-state index in [1.807, 2.05) is 13.8 Å². The van der Waals surface area contributed by atoms with Crippen molar-refractivity contribution in [1.29, 1.82) is 0 Å². The van der Waals surface area contributed by atoms with E-state index in [-0.39, 0.29) is 30.6 Å². The van der Waals surface area contributed by atoms with Gasteiger partial charge in [-0.05, 0) is 95.6 Å². The van der Waals surface area contributed by atoms with Crippen LogP contribution in [0.4, 0.5) is 20.6 Å². The number of anilines is 2. The van der Waals surface area contributed by atoms with Gasteiger partial charge in [-0.25, -0.2) is 9.18 Å². The summed E-state index contributed by atoms with van der Waals surface area (Å²) < 4.78 is 25.9. The fraction of sp³-hybridized carbons (Fsp3) is 0.562. The Morgan fingerprint density at radius 3 is 2.52 bits per heavy atom. The number of ether oxygens (including phenoxy) is 2. The molecule has 2 aromatic carbocycles. The van der Waals surface area contributed by atoms with Gasteiger partial charge in [0, 0.05) is 37.0 Å². The monoisotopic (exact) mass is 586 g/mol. The minimum Gasteiger partial charge on any atom is -0.490 e. The molecular formula is C32H47FN4O5. The first-order chi connectivity index (χ1) is 20.1. The van der Waals surface area contributed by atoms with Crippen molar-refractivity contribution in [3.8, 4) is 5.75 Å². The standard InChI is InChI=1S/C32H47FN4O5/c1-6-16-36(5)20-30-22(2)19-37(23(3)21-38)31(39)28-18-27(35-32(40)34-26-12-10-25(33)11-13-26)14-15-29(28)42-24(4)9-7-8-17-41-30/h10-15,18,22-24,30,38H,6-9,16-17,19-21H2,1-5H3,(H2,34,35,40)/t22-,23+,24-,30-/m1/s1. The highest BCUT2D eigenvalue weighted by molar-refractivity contribution is 6.02. The highest BCUT2D eigenvalue weighted by atomic mass is 19.1. The summed E-state index contributed by atoms with van der Waals surface area (Å²) in [6, 6.07) is 9.43. The van der Waals surface area contributed by atoms with Crippen molar-refractivity contribution >= 4 is 23.3 Å². The molecule has 3 N–H and O–H groups in total. The molecule has 0 fully saturated rings. The van der Waals surface area contributed by atoms with E-state index in [2.05, 4.69) is 36.4 Å². The normalized spacial score (nSPS) is 21.2. The number of amides is 3. The molecule has 1 aliphatic heterocycles. The largest absolute Gasteiger partial charge is 0.490 e. The Kier molecular flexibility index (Phi) is 13.0. The molecule has 0 bridgehead atoms. The van der Waals surface area contributed by atoms with E-state index in [9.17, 15) is 19.1 Å². The number of aliphatic hydroxyl groups is 1. The number of hydrogen-bond donors (Lipinski definition) is 3. The zero-order valence-corrected chi connectivity index (χ0v) is 25.6. The third kappa shape index (κ3) is 9.96. The number of carbonyl (C=O) groups is 2. The number of carbonyl (C=O) groups excluding carboxylic acids is 2. The van der Waals surface area contributed by atoms with Gasteiger partial charge in [0.2, 0.25) is 0 Å². The highest BCUT2D eigenvalue weighted by Gasteiger charge is 2.30. The first-order valence-corrected chi connectivity index (χ1v) is 15.0. The number of benzene rings is 2. The lowest BCUT2D eigenvalue weighted by Gasteiger charge is -2.35. The average molecular weight is 587 g/mol. The molecule has 0 aromatic heterocycles. The summed E-state index contributed by atoms with van der Waals surface area (Å²) in [7, 11) is 2.08. The summed E-state index contributed by atoms with van der Waals surface area (Å²) >= 11 is 0. The summed E-state index contributed by atoms with van der Waals surface area (Å²) in [5, 5.41) is 15.5. The Bertz CT molecular complexity index is 1150. The van der Waals surface area contributed by atoms with Crippen molar-refractivity contribution < 1.29 is 28.6 Å². The van der Waals surface area contributed by atoms with Gasteiger partial charge in [-0.2, -0.15) is 0 Å². The van der Waals surface area contributed by atoms with E-state index < -0.39 is 17.9 Å². The van der Waals surface area contributed by atoms with E-state index in [0.29, 0.717) is 35.8 Å². The number of urea groups is 1. The van der Waals surface area contributed by atoms with Gasteiger partial charge in [0.15, 0.2) is 0 Å². The smallest absolute Gasteiger partial charge is 0.323 e. The third-order valence-corrected chi connectivity index (χ3v) is 7.51. The SMILES string of the molecule is CCCN(C)C[C@H]1OCCCC[C@@H](C)Oc2ccc(NC(=O)Nc3ccc(F)cc3)cc2C(=O)N([C@@H](C)CO)C[C@H]1C. The zero-order chi connectivity index (χ0) is 30.6. The molecule has 2 aromatic rings. The van der Waals surface area contributed by atoms with E-state index in [4.69, 9.17) is 9.47 Å². The average Bonchev–Trinajstić information content (AvgIpc) is 2.96. The molecule has 10 heteroatoms. The zero-order valence-electron chi connectivity index (χ0n) is 25.6. The maximum atomic E-state index is 14.2. The van der Waals surface area contributed by atoms with E-state index in [1.165, 1.54) is 24.3 Å². The molecule has 4 atom stereocenters. The predicted octanol–water partition coefficient (Wildman–Crippen LogP) is 5.61. The molecule has 0 radical (unpaired) electrons. The summed E-state index contributed by atoms with van der Waals surface area (Å²) in [5.74, 6) is -0.281. The summed E-state index contributed by atoms with van der Waals surface area (Å²) in [5.41, 5.74) is 1.12. The van der Waals surface area contributed by atoms with Crippen LogP contribution < -0.4 is 15.4 Å². The molecule has 0 saturated heterocycles.